The van der Waals surface area contributed by atoms with E-state index in [0.29, 0.717) is 0 Å². The Labute approximate surface area is 119 Å². The molecule has 0 saturated heterocycles. The molecule has 2 rings (SSSR count). The summed E-state index contributed by atoms with van der Waals surface area (Å²) in [6.07, 6.45) is 0.758. The van der Waals surface area contributed by atoms with E-state index in [4.69, 9.17) is 15.3 Å². The van der Waals surface area contributed by atoms with Gasteiger partial charge in [0.05, 0.1) is 20.3 Å². The molecule has 0 radical (unpaired) electrons. The van der Waals surface area contributed by atoms with Gasteiger partial charge in [-0.25, -0.2) is 0 Å². The molecule has 20 heavy (non-hydrogen) atoms. The average molecular weight is 272 g/mol. The van der Waals surface area contributed by atoms with Crippen molar-refractivity contribution in [3.05, 3.63) is 59.7 Å². The Kier molecular flexibility index (Phi) is 4.98. The summed E-state index contributed by atoms with van der Waals surface area (Å²) < 4.78 is 10.6. The first-order chi connectivity index (χ1) is 9.78. The molecule has 0 aliphatic rings. The molecule has 2 aromatic carbocycles. The van der Waals surface area contributed by atoms with Gasteiger partial charge in [-0.2, -0.15) is 0 Å². The number of rotatable bonds is 6. The maximum atomic E-state index is 5.71. The van der Waals surface area contributed by atoms with Crippen LogP contribution in [0.2, 0.25) is 0 Å². The van der Waals surface area contributed by atoms with E-state index in [1.165, 1.54) is 0 Å². The molecule has 0 aromatic heterocycles. The Balaban J connectivity index is 2.24. The van der Waals surface area contributed by atoms with Crippen LogP contribution >= 0.6 is 0 Å². The van der Waals surface area contributed by atoms with Crippen LogP contribution in [0.3, 0.4) is 0 Å². The second-order valence-electron chi connectivity index (χ2n) is 4.52. The molecule has 1 atom stereocenters. The monoisotopic (exact) mass is 272 g/mol. The normalized spacial score (nSPS) is 11.9. The molecule has 0 heterocycles. The Morgan fingerprint density at radius 2 is 1.85 bits per heavy atom. The molecule has 106 valence electrons. The van der Waals surface area contributed by atoms with Crippen LogP contribution in [0.5, 0.6) is 11.5 Å². The van der Waals surface area contributed by atoms with Gasteiger partial charge in [-0.1, -0.05) is 30.3 Å². The number of hydrogen-bond donors (Lipinski definition) is 2. The maximum Gasteiger partial charge on any atom is 0.123 e. The van der Waals surface area contributed by atoms with E-state index in [9.17, 15) is 0 Å². The van der Waals surface area contributed by atoms with Crippen molar-refractivity contribution in [2.75, 3.05) is 14.2 Å². The van der Waals surface area contributed by atoms with Crippen molar-refractivity contribution in [3.63, 3.8) is 0 Å². The molecule has 0 aliphatic carbocycles. The molecule has 0 spiro atoms. The van der Waals surface area contributed by atoms with Crippen molar-refractivity contribution in [1.29, 1.82) is 0 Å². The maximum absolute atomic E-state index is 5.71. The van der Waals surface area contributed by atoms with Crippen LogP contribution in [0.4, 0.5) is 0 Å². The number of hydrazine groups is 1. The zero-order chi connectivity index (χ0) is 14.4. The third kappa shape index (κ3) is 3.29. The topological polar surface area (TPSA) is 56.5 Å². The molecular formula is C16H20N2O2. The van der Waals surface area contributed by atoms with E-state index in [1.807, 2.05) is 42.5 Å². The summed E-state index contributed by atoms with van der Waals surface area (Å²) in [7, 11) is 3.33. The zero-order valence-electron chi connectivity index (χ0n) is 11.8. The van der Waals surface area contributed by atoms with Gasteiger partial charge in [0.25, 0.3) is 0 Å². The summed E-state index contributed by atoms with van der Waals surface area (Å²) in [6, 6.07) is 15.8. The van der Waals surface area contributed by atoms with Crippen molar-refractivity contribution in [2.45, 2.75) is 12.5 Å². The summed E-state index contributed by atoms with van der Waals surface area (Å²) in [5, 5.41) is 0. The lowest BCUT2D eigenvalue weighted by atomic mass is 9.98. The minimum Gasteiger partial charge on any atom is -0.497 e. The van der Waals surface area contributed by atoms with Crippen LogP contribution in [0.1, 0.15) is 17.2 Å². The standard InChI is InChI=1S/C16H20N2O2/c1-19-13-7-5-6-12(10-13)11-15(18-17)14-8-3-4-9-16(14)20-2/h3-10,15,18H,11,17H2,1-2H3. The Hall–Kier alpha value is -2.04. The third-order valence-corrected chi connectivity index (χ3v) is 3.29. The van der Waals surface area contributed by atoms with Crippen molar-refractivity contribution in [1.82, 2.24) is 5.43 Å². The lowest BCUT2D eigenvalue weighted by Crippen LogP contribution is -2.29. The Morgan fingerprint density at radius 3 is 2.55 bits per heavy atom. The molecule has 0 aliphatic heterocycles. The zero-order valence-corrected chi connectivity index (χ0v) is 11.8. The number of para-hydroxylation sites is 1. The number of nitrogens with one attached hydrogen (secondary N) is 1. The fourth-order valence-corrected chi connectivity index (χ4v) is 2.25. The van der Waals surface area contributed by atoms with Gasteiger partial charge in [-0.15, -0.1) is 0 Å². The number of nitrogens with two attached hydrogens (primary N) is 1. The lowest BCUT2D eigenvalue weighted by molar-refractivity contribution is 0.398. The van der Waals surface area contributed by atoms with E-state index in [1.54, 1.807) is 14.2 Å². The SMILES string of the molecule is COc1cccc(CC(NN)c2ccccc2OC)c1. The highest BCUT2D eigenvalue weighted by Crippen LogP contribution is 2.27. The molecule has 0 fully saturated rings. The number of benzene rings is 2. The van der Waals surface area contributed by atoms with E-state index in [2.05, 4.69) is 11.5 Å². The van der Waals surface area contributed by atoms with E-state index >= 15 is 0 Å². The van der Waals surface area contributed by atoms with Crippen LogP contribution < -0.4 is 20.7 Å². The Bertz CT molecular complexity index is 558. The van der Waals surface area contributed by atoms with Crippen molar-refractivity contribution in [2.24, 2.45) is 5.84 Å². The molecule has 1 unspecified atom stereocenters. The summed E-state index contributed by atoms with van der Waals surface area (Å²) in [5.41, 5.74) is 5.05. The first-order valence-electron chi connectivity index (χ1n) is 6.50. The minimum absolute atomic E-state index is 0.0155. The second kappa shape index (κ2) is 6.93. The molecule has 3 N–H and O–H groups in total. The summed E-state index contributed by atoms with van der Waals surface area (Å²) in [5.74, 6) is 7.39. The van der Waals surface area contributed by atoms with Gasteiger partial charge in [-0.3, -0.25) is 11.3 Å². The predicted octanol–water partition coefficient (Wildman–Crippen LogP) is 2.45. The van der Waals surface area contributed by atoms with E-state index in [0.717, 1.165) is 29.0 Å². The molecule has 0 bridgehead atoms. The van der Waals surface area contributed by atoms with Gasteiger partial charge in [0, 0.05) is 5.56 Å². The van der Waals surface area contributed by atoms with Gasteiger partial charge in [0.1, 0.15) is 11.5 Å². The molecule has 0 saturated carbocycles. The number of methoxy groups -OCH3 is 2. The highest BCUT2D eigenvalue weighted by Gasteiger charge is 2.15. The fourth-order valence-electron chi connectivity index (χ4n) is 2.25. The lowest BCUT2D eigenvalue weighted by Gasteiger charge is -2.19. The summed E-state index contributed by atoms with van der Waals surface area (Å²) >= 11 is 0. The van der Waals surface area contributed by atoms with Crippen LogP contribution in [0, 0.1) is 0 Å². The highest BCUT2D eigenvalue weighted by atomic mass is 16.5. The number of ether oxygens (including phenoxy) is 2. The predicted molar refractivity (Wildman–Crippen MR) is 79.8 cm³/mol. The van der Waals surface area contributed by atoms with Crippen molar-refractivity contribution in [3.8, 4) is 11.5 Å². The number of hydrogen-bond acceptors (Lipinski definition) is 4. The van der Waals surface area contributed by atoms with Crippen molar-refractivity contribution >= 4 is 0 Å². The first kappa shape index (κ1) is 14.4. The van der Waals surface area contributed by atoms with Crippen molar-refractivity contribution < 1.29 is 9.47 Å². The van der Waals surface area contributed by atoms with Crippen LogP contribution in [-0.2, 0) is 6.42 Å². The van der Waals surface area contributed by atoms with Gasteiger partial charge in [0.2, 0.25) is 0 Å². The minimum atomic E-state index is -0.0155. The molecule has 2 aromatic rings. The average Bonchev–Trinajstić information content (AvgIpc) is 2.52. The van der Waals surface area contributed by atoms with Gasteiger partial charge in [-0.05, 0) is 30.2 Å². The fraction of sp³-hybridized carbons (Fsp3) is 0.250. The largest absolute Gasteiger partial charge is 0.497 e. The van der Waals surface area contributed by atoms with Crippen LogP contribution in [-0.4, -0.2) is 14.2 Å². The summed E-state index contributed by atoms with van der Waals surface area (Å²) in [6.45, 7) is 0. The molecule has 0 amide bonds. The van der Waals surface area contributed by atoms with Crippen LogP contribution in [0.25, 0.3) is 0 Å². The highest BCUT2D eigenvalue weighted by molar-refractivity contribution is 5.37. The van der Waals surface area contributed by atoms with E-state index < -0.39 is 0 Å². The molecular weight excluding hydrogens is 252 g/mol. The van der Waals surface area contributed by atoms with Crippen LogP contribution in [0.15, 0.2) is 48.5 Å². The van der Waals surface area contributed by atoms with Gasteiger partial charge >= 0.3 is 0 Å². The smallest absolute Gasteiger partial charge is 0.123 e. The van der Waals surface area contributed by atoms with E-state index in [-0.39, 0.29) is 6.04 Å². The quantitative estimate of drug-likeness (QED) is 0.626. The molecule has 4 heteroatoms. The Morgan fingerprint density at radius 1 is 1.05 bits per heavy atom. The second-order valence-corrected chi connectivity index (χ2v) is 4.52. The van der Waals surface area contributed by atoms with Gasteiger partial charge < -0.3 is 9.47 Å². The third-order valence-electron chi connectivity index (χ3n) is 3.29. The first-order valence-corrected chi connectivity index (χ1v) is 6.50. The summed E-state index contributed by atoms with van der Waals surface area (Å²) in [4.78, 5) is 0. The van der Waals surface area contributed by atoms with Gasteiger partial charge in [0.15, 0.2) is 0 Å². The molecule has 4 nitrogen and oxygen atoms in total.